The van der Waals surface area contributed by atoms with Crippen molar-refractivity contribution in [1.82, 2.24) is 9.97 Å². The average Bonchev–Trinajstić information content (AvgIpc) is 2.74. The third-order valence-electron chi connectivity index (χ3n) is 2.83. The minimum absolute atomic E-state index is 0.832. The number of hydrogen-bond donors (Lipinski definition) is 1. The van der Waals surface area contributed by atoms with Gasteiger partial charge in [0.15, 0.2) is 5.13 Å². The second-order valence-corrected chi connectivity index (χ2v) is 5.99. The van der Waals surface area contributed by atoms with Crippen molar-refractivity contribution in [3.05, 3.63) is 33.4 Å². The lowest BCUT2D eigenvalue weighted by Crippen LogP contribution is -1.99. The van der Waals surface area contributed by atoms with Crippen LogP contribution in [0, 0.1) is 0 Å². The molecule has 0 unspecified atom stereocenters. The van der Waals surface area contributed by atoms with Gasteiger partial charge in [-0.05, 0) is 53.7 Å². The Bertz CT molecular complexity index is 515. The van der Waals surface area contributed by atoms with Gasteiger partial charge in [0.05, 0.1) is 10.2 Å². The van der Waals surface area contributed by atoms with Crippen molar-refractivity contribution in [2.45, 2.75) is 25.7 Å². The van der Waals surface area contributed by atoms with Crippen LogP contribution in [0.1, 0.15) is 23.4 Å². The summed E-state index contributed by atoms with van der Waals surface area (Å²) in [5, 5.41) is 4.23. The fraction of sp³-hybridized carbons (Fsp3) is 0.333. The monoisotopic (exact) mass is 309 g/mol. The highest BCUT2D eigenvalue weighted by Crippen LogP contribution is 2.32. The normalized spacial score (nSPS) is 14.4. The van der Waals surface area contributed by atoms with Crippen LogP contribution in [0.15, 0.2) is 22.8 Å². The first-order valence-electron chi connectivity index (χ1n) is 5.69. The van der Waals surface area contributed by atoms with Crippen molar-refractivity contribution in [3.8, 4) is 0 Å². The highest BCUT2D eigenvalue weighted by Gasteiger charge is 2.15. The van der Waals surface area contributed by atoms with Gasteiger partial charge in [-0.15, -0.1) is 11.3 Å². The zero-order valence-electron chi connectivity index (χ0n) is 9.24. The number of fused-ring (bicyclic) bond motifs is 1. The molecule has 0 aliphatic heterocycles. The Kier molecular flexibility index (Phi) is 3.11. The summed E-state index contributed by atoms with van der Waals surface area (Å²) in [6, 6.07) is 3.88. The van der Waals surface area contributed by atoms with E-state index in [1.54, 1.807) is 17.5 Å². The second kappa shape index (κ2) is 4.74. The summed E-state index contributed by atoms with van der Waals surface area (Å²) in [6.07, 6.45) is 6.64. The highest BCUT2D eigenvalue weighted by atomic mass is 79.9. The molecule has 0 radical (unpaired) electrons. The van der Waals surface area contributed by atoms with Crippen molar-refractivity contribution >= 4 is 38.2 Å². The molecule has 3 nitrogen and oxygen atoms in total. The van der Waals surface area contributed by atoms with Crippen LogP contribution in [-0.2, 0) is 12.8 Å². The molecular formula is C12H12BrN3S. The SMILES string of the molecule is Brc1cccnc1Nc1nc2c(s1)CCCC2. The van der Waals surface area contributed by atoms with Gasteiger partial charge >= 0.3 is 0 Å². The molecule has 0 spiro atoms. The lowest BCUT2D eigenvalue weighted by molar-refractivity contribution is 0.683. The van der Waals surface area contributed by atoms with Crippen molar-refractivity contribution in [1.29, 1.82) is 0 Å². The molecule has 0 atom stereocenters. The number of halogens is 1. The maximum absolute atomic E-state index is 4.63. The van der Waals surface area contributed by atoms with Gasteiger partial charge in [-0.1, -0.05) is 0 Å². The predicted molar refractivity (Wildman–Crippen MR) is 74.0 cm³/mol. The van der Waals surface area contributed by atoms with Crippen LogP contribution in [-0.4, -0.2) is 9.97 Å². The molecule has 0 fully saturated rings. The molecule has 17 heavy (non-hydrogen) atoms. The van der Waals surface area contributed by atoms with E-state index in [0.717, 1.165) is 21.8 Å². The molecule has 0 saturated heterocycles. The van der Waals surface area contributed by atoms with Gasteiger partial charge < -0.3 is 5.32 Å². The lowest BCUT2D eigenvalue weighted by Gasteiger charge is -2.06. The molecule has 1 aliphatic carbocycles. The molecule has 0 aromatic carbocycles. The van der Waals surface area contributed by atoms with E-state index in [1.807, 2.05) is 12.1 Å². The van der Waals surface area contributed by atoms with E-state index in [4.69, 9.17) is 0 Å². The Balaban J connectivity index is 1.86. The quantitative estimate of drug-likeness (QED) is 0.913. The first-order valence-corrected chi connectivity index (χ1v) is 7.30. The molecule has 1 aliphatic rings. The first kappa shape index (κ1) is 11.2. The zero-order valence-corrected chi connectivity index (χ0v) is 11.6. The molecule has 0 bridgehead atoms. The fourth-order valence-electron chi connectivity index (χ4n) is 1.98. The van der Waals surface area contributed by atoms with Gasteiger partial charge in [-0.2, -0.15) is 0 Å². The summed E-state index contributed by atoms with van der Waals surface area (Å²) in [6.45, 7) is 0. The van der Waals surface area contributed by atoms with Crippen LogP contribution >= 0.6 is 27.3 Å². The number of anilines is 2. The Hall–Kier alpha value is -0.940. The maximum Gasteiger partial charge on any atom is 0.188 e. The van der Waals surface area contributed by atoms with Crippen LogP contribution in [0.25, 0.3) is 0 Å². The fourth-order valence-corrected chi connectivity index (χ4v) is 3.39. The molecule has 0 saturated carbocycles. The van der Waals surface area contributed by atoms with Gasteiger partial charge in [0.1, 0.15) is 5.82 Å². The largest absolute Gasteiger partial charge is 0.315 e. The summed E-state index contributed by atoms with van der Waals surface area (Å²) in [7, 11) is 0. The van der Waals surface area contributed by atoms with Gasteiger partial charge in [0, 0.05) is 11.1 Å². The van der Waals surface area contributed by atoms with Crippen LogP contribution in [0.3, 0.4) is 0 Å². The Morgan fingerprint density at radius 2 is 2.18 bits per heavy atom. The third-order valence-corrected chi connectivity index (χ3v) is 4.54. The molecule has 2 aromatic heterocycles. The third kappa shape index (κ3) is 2.35. The van der Waals surface area contributed by atoms with Crippen LogP contribution < -0.4 is 5.32 Å². The smallest absolute Gasteiger partial charge is 0.188 e. The molecule has 1 N–H and O–H groups in total. The number of hydrogen-bond acceptors (Lipinski definition) is 4. The number of nitrogens with zero attached hydrogens (tertiary/aromatic N) is 2. The van der Waals surface area contributed by atoms with E-state index in [1.165, 1.54) is 29.8 Å². The van der Waals surface area contributed by atoms with Gasteiger partial charge in [0.25, 0.3) is 0 Å². The summed E-state index contributed by atoms with van der Waals surface area (Å²) >= 11 is 5.23. The number of rotatable bonds is 2. The topological polar surface area (TPSA) is 37.8 Å². The molecule has 3 rings (SSSR count). The van der Waals surface area contributed by atoms with Crippen LogP contribution in [0.5, 0.6) is 0 Å². The summed E-state index contributed by atoms with van der Waals surface area (Å²) < 4.78 is 0.966. The zero-order chi connectivity index (χ0) is 11.7. The Labute approximate surface area is 112 Å². The summed E-state index contributed by atoms with van der Waals surface area (Å²) in [5.74, 6) is 0.832. The van der Waals surface area contributed by atoms with Gasteiger partial charge in [-0.25, -0.2) is 9.97 Å². The molecule has 0 amide bonds. The van der Waals surface area contributed by atoms with Crippen LogP contribution in [0.4, 0.5) is 10.9 Å². The van der Waals surface area contributed by atoms with Gasteiger partial charge in [-0.3, -0.25) is 0 Å². The van der Waals surface area contributed by atoms with Crippen molar-refractivity contribution in [2.75, 3.05) is 5.32 Å². The number of aryl methyl sites for hydroxylation is 2. The Morgan fingerprint density at radius 3 is 3.00 bits per heavy atom. The highest BCUT2D eigenvalue weighted by molar-refractivity contribution is 9.10. The molecular weight excluding hydrogens is 298 g/mol. The van der Waals surface area contributed by atoms with E-state index in [2.05, 4.69) is 31.2 Å². The summed E-state index contributed by atoms with van der Waals surface area (Å²) in [5.41, 5.74) is 1.27. The molecule has 88 valence electrons. The van der Waals surface area contributed by atoms with Crippen molar-refractivity contribution < 1.29 is 0 Å². The minimum Gasteiger partial charge on any atom is -0.315 e. The standard InChI is InChI=1S/C12H12BrN3S/c13-8-4-3-7-14-11(8)16-12-15-9-5-1-2-6-10(9)17-12/h3-4,7H,1-2,5-6H2,(H,14,15,16). The van der Waals surface area contributed by atoms with Gasteiger partial charge in [0.2, 0.25) is 0 Å². The van der Waals surface area contributed by atoms with E-state index >= 15 is 0 Å². The number of pyridine rings is 1. The van der Waals surface area contributed by atoms with Crippen LogP contribution in [0.2, 0.25) is 0 Å². The minimum atomic E-state index is 0.832. The van der Waals surface area contributed by atoms with Crippen molar-refractivity contribution in [3.63, 3.8) is 0 Å². The second-order valence-electron chi connectivity index (χ2n) is 4.05. The Morgan fingerprint density at radius 1 is 1.29 bits per heavy atom. The number of nitrogens with one attached hydrogen (secondary N) is 1. The molecule has 5 heteroatoms. The number of aromatic nitrogens is 2. The predicted octanol–water partition coefficient (Wildman–Crippen LogP) is 3.92. The molecule has 2 heterocycles. The van der Waals surface area contributed by atoms with Crippen molar-refractivity contribution in [2.24, 2.45) is 0 Å². The van der Waals surface area contributed by atoms with E-state index in [0.29, 0.717) is 0 Å². The average molecular weight is 310 g/mol. The first-order chi connectivity index (χ1) is 8.33. The lowest BCUT2D eigenvalue weighted by atomic mass is 10.0. The maximum atomic E-state index is 4.63. The number of thiazole rings is 1. The molecule has 2 aromatic rings. The van der Waals surface area contributed by atoms with E-state index in [9.17, 15) is 0 Å². The van der Waals surface area contributed by atoms with E-state index < -0.39 is 0 Å². The summed E-state index contributed by atoms with van der Waals surface area (Å²) in [4.78, 5) is 10.4. The van der Waals surface area contributed by atoms with E-state index in [-0.39, 0.29) is 0 Å².